The number of hydrogen-bond acceptors (Lipinski definition) is 6. The van der Waals surface area contributed by atoms with E-state index >= 15 is 0 Å². The van der Waals surface area contributed by atoms with Gasteiger partial charge in [0.05, 0.1) is 12.4 Å². The van der Waals surface area contributed by atoms with Crippen LogP contribution >= 0.6 is 0 Å². The van der Waals surface area contributed by atoms with Crippen LogP contribution in [-0.2, 0) is 0 Å². The van der Waals surface area contributed by atoms with Gasteiger partial charge in [-0.15, -0.1) is 5.10 Å². The van der Waals surface area contributed by atoms with Crippen LogP contribution in [0.5, 0.6) is 0 Å². The van der Waals surface area contributed by atoms with Crippen molar-refractivity contribution in [2.24, 2.45) is 5.73 Å². The summed E-state index contributed by atoms with van der Waals surface area (Å²) in [6, 6.07) is 0.321. The molecule has 2 heterocycles. The van der Waals surface area contributed by atoms with Gasteiger partial charge in [-0.2, -0.15) is 4.52 Å². The smallest absolute Gasteiger partial charge is 0.199 e. The predicted molar refractivity (Wildman–Crippen MR) is 60.1 cm³/mol. The average Bonchev–Trinajstić information content (AvgIpc) is 2.76. The number of rotatable bonds is 4. The van der Waals surface area contributed by atoms with Gasteiger partial charge in [0.2, 0.25) is 0 Å². The summed E-state index contributed by atoms with van der Waals surface area (Å²) in [4.78, 5) is 6.19. The molecule has 0 aliphatic rings. The quantitative estimate of drug-likeness (QED) is 0.762. The van der Waals surface area contributed by atoms with E-state index in [1.54, 1.807) is 16.9 Å². The van der Waals surface area contributed by atoms with Gasteiger partial charge in [-0.25, -0.2) is 0 Å². The van der Waals surface area contributed by atoms with Crippen LogP contribution in [0, 0.1) is 0 Å². The van der Waals surface area contributed by atoms with Crippen LogP contribution in [0.15, 0.2) is 12.4 Å². The summed E-state index contributed by atoms with van der Waals surface area (Å²) >= 11 is 0. The first kappa shape index (κ1) is 10.7. The second-order valence-electron chi connectivity index (χ2n) is 3.75. The molecule has 0 aliphatic carbocycles. The Morgan fingerprint density at radius 3 is 3.06 bits per heavy atom. The Labute approximate surface area is 93.3 Å². The third-order valence-corrected chi connectivity index (χ3v) is 2.70. The first-order valence-electron chi connectivity index (χ1n) is 5.19. The Morgan fingerprint density at radius 2 is 2.31 bits per heavy atom. The van der Waals surface area contributed by atoms with Crippen LogP contribution in [0.25, 0.3) is 5.65 Å². The van der Waals surface area contributed by atoms with Crippen LogP contribution in [0.4, 0.5) is 5.82 Å². The zero-order valence-corrected chi connectivity index (χ0v) is 9.41. The van der Waals surface area contributed by atoms with Crippen molar-refractivity contribution in [2.45, 2.75) is 19.4 Å². The van der Waals surface area contributed by atoms with Crippen molar-refractivity contribution in [1.82, 2.24) is 25.0 Å². The summed E-state index contributed by atoms with van der Waals surface area (Å²) in [6.45, 7) is 2.76. The van der Waals surface area contributed by atoms with Gasteiger partial charge in [-0.05, 0) is 30.3 Å². The van der Waals surface area contributed by atoms with Crippen LogP contribution in [0.1, 0.15) is 13.3 Å². The Bertz CT molecular complexity index is 466. The van der Waals surface area contributed by atoms with E-state index < -0.39 is 0 Å². The van der Waals surface area contributed by atoms with Gasteiger partial charge in [-0.3, -0.25) is 4.98 Å². The minimum atomic E-state index is 0.321. The molecule has 2 rings (SSSR count). The molecule has 0 amide bonds. The highest BCUT2D eigenvalue weighted by Gasteiger charge is 2.13. The van der Waals surface area contributed by atoms with Crippen molar-refractivity contribution in [3.63, 3.8) is 0 Å². The maximum Gasteiger partial charge on any atom is 0.199 e. The van der Waals surface area contributed by atoms with E-state index in [-0.39, 0.29) is 0 Å². The van der Waals surface area contributed by atoms with Crippen molar-refractivity contribution in [1.29, 1.82) is 0 Å². The first-order chi connectivity index (χ1) is 7.74. The Morgan fingerprint density at radius 1 is 1.50 bits per heavy atom. The van der Waals surface area contributed by atoms with E-state index in [4.69, 9.17) is 5.73 Å². The normalized spacial score (nSPS) is 12.9. The molecule has 2 aromatic rings. The van der Waals surface area contributed by atoms with Crippen LogP contribution in [-0.4, -0.2) is 44.7 Å². The van der Waals surface area contributed by atoms with Gasteiger partial charge >= 0.3 is 0 Å². The third-order valence-electron chi connectivity index (χ3n) is 2.70. The number of aromatic nitrogens is 5. The average molecular weight is 221 g/mol. The molecule has 0 saturated carbocycles. The lowest BCUT2D eigenvalue weighted by Crippen LogP contribution is -2.32. The number of nitrogens with zero attached hydrogens (tertiary/aromatic N) is 6. The minimum Gasteiger partial charge on any atom is -0.355 e. The van der Waals surface area contributed by atoms with Crippen molar-refractivity contribution in [3.05, 3.63) is 12.4 Å². The molecular formula is C9H15N7. The maximum absolute atomic E-state index is 5.55. The van der Waals surface area contributed by atoms with Gasteiger partial charge in [0, 0.05) is 13.1 Å². The number of anilines is 1. The van der Waals surface area contributed by atoms with Gasteiger partial charge < -0.3 is 10.6 Å². The van der Waals surface area contributed by atoms with E-state index in [0.29, 0.717) is 18.2 Å². The van der Waals surface area contributed by atoms with Gasteiger partial charge in [0.25, 0.3) is 0 Å². The van der Waals surface area contributed by atoms with Crippen LogP contribution < -0.4 is 10.6 Å². The van der Waals surface area contributed by atoms with Crippen molar-refractivity contribution in [3.8, 4) is 0 Å². The maximum atomic E-state index is 5.55. The lowest BCUT2D eigenvalue weighted by atomic mass is 10.2. The van der Waals surface area contributed by atoms with E-state index in [9.17, 15) is 0 Å². The summed E-state index contributed by atoms with van der Waals surface area (Å²) in [6.07, 6.45) is 4.29. The highest BCUT2D eigenvalue weighted by Crippen LogP contribution is 2.14. The molecule has 0 aromatic carbocycles. The molecule has 0 radical (unpaired) electrons. The Kier molecular flexibility index (Phi) is 2.95. The summed E-state index contributed by atoms with van der Waals surface area (Å²) in [7, 11) is 1.98. The molecule has 0 saturated heterocycles. The van der Waals surface area contributed by atoms with Gasteiger partial charge in [-0.1, -0.05) is 0 Å². The summed E-state index contributed by atoms with van der Waals surface area (Å²) in [5.74, 6) is 0.864. The van der Waals surface area contributed by atoms with E-state index in [1.165, 1.54) is 0 Å². The molecule has 1 unspecified atom stereocenters. The lowest BCUT2D eigenvalue weighted by molar-refractivity contribution is 0.619. The largest absolute Gasteiger partial charge is 0.355 e. The van der Waals surface area contributed by atoms with Crippen molar-refractivity contribution >= 4 is 11.5 Å². The number of nitrogens with two attached hydrogens (primary N) is 1. The molecule has 2 N–H and O–H groups in total. The lowest BCUT2D eigenvalue weighted by Gasteiger charge is -2.25. The Balaban J connectivity index is 2.35. The fourth-order valence-electron chi connectivity index (χ4n) is 1.56. The van der Waals surface area contributed by atoms with Crippen LogP contribution in [0.3, 0.4) is 0 Å². The summed E-state index contributed by atoms with van der Waals surface area (Å²) < 4.78 is 1.67. The monoisotopic (exact) mass is 221 g/mol. The molecule has 0 spiro atoms. The molecule has 0 aliphatic heterocycles. The topological polar surface area (TPSA) is 85.2 Å². The summed E-state index contributed by atoms with van der Waals surface area (Å²) in [5, 5.41) is 11.4. The Hall–Kier alpha value is -1.76. The fraction of sp³-hybridized carbons (Fsp3) is 0.556. The molecule has 0 bridgehead atoms. The molecule has 2 aromatic heterocycles. The molecule has 86 valence electrons. The molecule has 16 heavy (non-hydrogen) atoms. The number of tetrazole rings is 1. The summed E-state index contributed by atoms with van der Waals surface area (Å²) in [5.41, 5.74) is 6.19. The molecule has 7 nitrogen and oxygen atoms in total. The zero-order valence-electron chi connectivity index (χ0n) is 9.41. The first-order valence-corrected chi connectivity index (χ1v) is 5.19. The highest BCUT2D eigenvalue weighted by atomic mass is 15.5. The molecule has 0 fully saturated rings. The second kappa shape index (κ2) is 4.40. The fourth-order valence-corrected chi connectivity index (χ4v) is 1.56. The van der Waals surface area contributed by atoms with Gasteiger partial charge in [0.15, 0.2) is 11.5 Å². The SMILES string of the molecule is CC(CCN)N(C)c1cncc2nnnn12. The molecule has 1 atom stereocenters. The van der Waals surface area contributed by atoms with E-state index in [2.05, 4.69) is 32.3 Å². The standard InChI is InChI=1S/C9H15N7/c1-7(3-4-10)15(2)9-6-11-5-8-12-13-14-16(8)9/h5-7H,3-4,10H2,1-2H3. The molecular weight excluding hydrogens is 206 g/mol. The number of fused-ring (bicyclic) bond motifs is 1. The predicted octanol–water partition coefficient (Wildman–Crippen LogP) is -0.307. The van der Waals surface area contributed by atoms with Crippen molar-refractivity contribution in [2.75, 3.05) is 18.5 Å². The minimum absolute atomic E-state index is 0.321. The second-order valence-corrected chi connectivity index (χ2v) is 3.75. The van der Waals surface area contributed by atoms with E-state index in [0.717, 1.165) is 12.2 Å². The zero-order chi connectivity index (χ0) is 11.5. The van der Waals surface area contributed by atoms with Crippen LogP contribution in [0.2, 0.25) is 0 Å². The van der Waals surface area contributed by atoms with E-state index in [1.807, 2.05) is 7.05 Å². The third kappa shape index (κ3) is 1.81. The molecule has 7 heteroatoms. The van der Waals surface area contributed by atoms with Gasteiger partial charge in [0.1, 0.15) is 0 Å². The highest BCUT2D eigenvalue weighted by molar-refractivity contribution is 5.45. The van der Waals surface area contributed by atoms with Crippen molar-refractivity contribution < 1.29 is 0 Å². The number of hydrogen-bond donors (Lipinski definition) is 1.